The second-order valence-electron chi connectivity index (χ2n) is 7.95. The summed E-state index contributed by atoms with van der Waals surface area (Å²) >= 11 is 5.95. The van der Waals surface area contributed by atoms with Crippen LogP contribution in [-0.2, 0) is 11.3 Å². The molecule has 9 heteroatoms. The first-order valence-corrected chi connectivity index (χ1v) is 11.1. The Hall–Kier alpha value is -2.97. The van der Waals surface area contributed by atoms with Crippen molar-refractivity contribution in [3.63, 3.8) is 0 Å². The molecule has 4 rings (SSSR count). The molecule has 0 spiro atoms. The highest BCUT2D eigenvalue weighted by Gasteiger charge is 2.25. The molecule has 0 saturated carbocycles. The van der Waals surface area contributed by atoms with Crippen LogP contribution in [0.5, 0.6) is 11.5 Å². The van der Waals surface area contributed by atoms with Crippen LogP contribution in [0.25, 0.3) is 0 Å². The number of piperazine rings is 1. The van der Waals surface area contributed by atoms with E-state index in [2.05, 4.69) is 16.3 Å². The minimum absolute atomic E-state index is 0.0160. The summed E-state index contributed by atoms with van der Waals surface area (Å²) < 4.78 is 11.2. The third kappa shape index (κ3) is 5.63. The Morgan fingerprint density at radius 1 is 1.00 bits per heavy atom. The second-order valence-corrected chi connectivity index (χ2v) is 8.39. The van der Waals surface area contributed by atoms with Crippen LogP contribution < -0.4 is 20.5 Å². The van der Waals surface area contributed by atoms with E-state index in [0.29, 0.717) is 31.3 Å². The molecule has 2 aromatic carbocycles. The number of carbonyl (C=O) groups excluding carboxylic acids is 2. The first-order chi connectivity index (χ1) is 15.5. The van der Waals surface area contributed by atoms with Crippen LogP contribution >= 0.6 is 11.6 Å². The number of ether oxygens (including phenoxy) is 2. The van der Waals surface area contributed by atoms with Crippen LogP contribution in [0.4, 0.5) is 4.79 Å². The minimum atomic E-state index is -0.665. The quantitative estimate of drug-likeness (QED) is 0.693. The predicted octanol–water partition coefficient (Wildman–Crippen LogP) is 2.56. The van der Waals surface area contributed by atoms with E-state index >= 15 is 0 Å². The molecule has 0 aliphatic carbocycles. The summed E-state index contributed by atoms with van der Waals surface area (Å²) in [6, 6.07) is 11.9. The van der Waals surface area contributed by atoms with Crippen molar-refractivity contribution < 1.29 is 19.1 Å². The maximum atomic E-state index is 12.9. The fraction of sp³-hybridized carbons (Fsp3) is 0.391. The highest BCUT2D eigenvalue weighted by atomic mass is 35.5. The molecule has 0 unspecified atom stereocenters. The third-order valence-electron chi connectivity index (χ3n) is 5.71. The van der Waals surface area contributed by atoms with E-state index in [9.17, 15) is 9.59 Å². The largest absolute Gasteiger partial charge is 0.486 e. The molecule has 170 valence electrons. The van der Waals surface area contributed by atoms with Crippen molar-refractivity contribution in [2.75, 3.05) is 39.4 Å². The Labute approximate surface area is 192 Å². The van der Waals surface area contributed by atoms with Gasteiger partial charge in [-0.3, -0.25) is 9.69 Å². The molecule has 1 atom stereocenters. The summed E-state index contributed by atoms with van der Waals surface area (Å²) in [6.07, 6.45) is 0.146. The zero-order valence-corrected chi connectivity index (χ0v) is 18.5. The fourth-order valence-electron chi connectivity index (χ4n) is 4.02. The molecule has 0 radical (unpaired) electrons. The van der Waals surface area contributed by atoms with Gasteiger partial charge >= 0.3 is 6.03 Å². The van der Waals surface area contributed by atoms with E-state index in [4.69, 9.17) is 26.8 Å². The van der Waals surface area contributed by atoms with Crippen LogP contribution in [0.1, 0.15) is 23.6 Å². The molecule has 0 bridgehead atoms. The molecule has 2 heterocycles. The molecule has 3 amide bonds. The van der Waals surface area contributed by atoms with Crippen molar-refractivity contribution in [3.05, 3.63) is 58.6 Å². The number of amides is 3. The van der Waals surface area contributed by atoms with E-state index in [1.165, 1.54) is 0 Å². The Morgan fingerprint density at radius 2 is 1.69 bits per heavy atom. The summed E-state index contributed by atoms with van der Waals surface area (Å²) in [5.74, 6) is 1.56. The standard InChI is InChI=1S/C23H27ClN4O4/c24-18-4-2-17(3-5-18)19(26-23(25)30)14-22(29)28-9-7-27(8-10-28)15-16-1-6-20-21(13-16)32-12-11-31-20/h1-6,13,19H,7-12,14-15H2,(H3,25,26,30)/t19-/m1/s1. The molecule has 0 aromatic heterocycles. The van der Waals surface area contributed by atoms with E-state index in [1.54, 1.807) is 24.3 Å². The lowest BCUT2D eigenvalue weighted by Crippen LogP contribution is -2.49. The van der Waals surface area contributed by atoms with Gasteiger partial charge in [0.15, 0.2) is 11.5 Å². The third-order valence-corrected chi connectivity index (χ3v) is 5.96. The number of fused-ring (bicyclic) bond motifs is 1. The Bertz CT molecular complexity index is 961. The summed E-state index contributed by atoms with van der Waals surface area (Å²) in [4.78, 5) is 28.5. The Balaban J connectivity index is 1.31. The summed E-state index contributed by atoms with van der Waals surface area (Å²) in [6.45, 7) is 4.75. The maximum Gasteiger partial charge on any atom is 0.312 e. The molecule has 8 nitrogen and oxygen atoms in total. The molecular weight excluding hydrogens is 432 g/mol. The number of halogens is 1. The number of primary amides is 1. The highest BCUT2D eigenvalue weighted by Crippen LogP contribution is 2.31. The summed E-state index contributed by atoms with van der Waals surface area (Å²) in [5.41, 5.74) is 7.27. The van der Waals surface area contributed by atoms with Crippen LogP contribution in [0.2, 0.25) is 5.02 Å². The molecule has 3 N–H and O–H groups in total. The molecular formula is C23H27ClN4O4. The van der Waals surface area contributed by atoms with E-state index < -0.39 is 12.1 Å². The summed E-state index contributed by atoms with van der Waals surface area (Å²) in [5, 5.41) is 3.26. The van der Waals surface area contributed by atoms with Crippen molar-refractivity contribution in [2.45, 2.75) is 19.0 Å². The van der Waals surface area contributed by atoms with Crippen LogP contribution in [-0.4, -0.2) is 61.1 Å². The van der Waals surface area contributed by atoms with Crippen molar-refractivity contribution in [1.82, 2.24) is 15.1 Å². The highest BCUT2D eigenvalue weighted by molar-refractivity contribution is 6.30. The van der Waals surface area contributed by atoms with Crippen LogP contribution in [0.15, 0.2) is 42.5 Å². The topological polar surface area (TPSA) is 97.1 Å². The number of hydrogen-bond donors (Lipinski definition) is 2. The molecule has 1 fully saturated rings. The zero-order valence-electron chi connectivity index (χ0n) is 17.8. The van der Waals surface area contributed by atoms with Gasteiger partial charge in [0, 0.05) is 37.7 Å². The number of nitrogens with two attached hydrogens (primary N) is 1. The normalized spacial score (nSPS) is 17.0. The molecule has 2 aliphatic heterocycles. The minimum Gasteiger partial charge on any atom is -0.486 e. The average Bonchev–Trinajstić information content (AvgIpc) is 2.79. The number of nitrogens with one attached hydrogen (secondary N) is 1. The van der Waals surface area contributed by atoms with Gasteiger partial charge in [0.1, 0.15) is 13.2 Å². The number of hydrogen-bond acceptors (Lipinski definition) is 5. The Kier molecular flexibility index (Phi) is 7.02. The molecule has 1 saturated heterocycles. The van der Waals surface area contributed by atoms with Gasteiger partial charge < -0.3 is 25.4 Å². The van der Waals surface area contributed by atoms with Gasteiger partial charge in [-0.25, -0.2) is 4.79 Å². The number of rotatable bonds is 6. The first kappa shape index (κ1) is 22.2. The number of nitrogens with zero attached hydrogens (tertiary/aromatic N) is 2. The summed E-state index contributed by atoms with van der Waals surface area (Å²) in [7, 11) is 0. The van der Waals surface area contributed by atoms with Gasteiger partial charge in [0.2, 0.25) is 5.91 Å². The maximum absolute atomic E-state index is 12.9. The van der Waals surface area contributed by atoms with Crippen molar-refractivity contribution in [3.8, 4) is 11.5 Å². The van der Waals surface area contributed by atoms with Gasteiger partial charge in [0.25, 0.3) is 0 Å². The average molecular weight is 459 g/mol. The second kappa shape index (κ2) is 10.1. The number of urea groups is 1. The van der Waals surface area contributed by atoms with Gasteiger partial charge in [0.05, 0.1) is 12.5 Å². The van der Waals surface area contributed by atoms with Gasteiger partial charge in [-0.1, -0.05) is 29.8 Å². The van der Waals surface area contributed by atoms with Crippen LogP contribution in [0, 0.1) is 0 Å². The molecule has 2 aliphatic rings. The fourth-order valence-corrected chi connectivity index (χ4v) is 4.15. The lowest BCUT2D eigenvalue weighted by molar-refractivity contribution is -0.133. The van der Waals surface area contributed by atoms with Gasteiger partial charge in [-0.05, 0) is 35.4 Å². The first-order valence-electron chi connectivity index (χ1n) is 10.7. The van der Waals surface area contributed by atoms with Crippen LogP contribution in [0.3, 0.4) is 0 Å². The van der Waals surface area contributed by atoms with Crippen molar-refractivity contribution >= 4 is 23.5 Å². The van der Waals surface area contributed by atoms with Gasteiger partial charge in [-0.2, -0.15) is 0 Å². The van der Waals surface area contributed by atoms with Crippen molar-refractivity contribution in [2.24, 2.45) is 5.73 Å². The predicted molar refractivity (Wildman–Crippen MR) is 121 cm³/mol. The molecule has 2 aromatic rings. The van der Waals surface area contributed by atoms with E-state index in [-0.39, 0.29) is 12.3 Å². The van der Waals surface area contributed by atoms with E-state index in [1.807, 2.05) is 17.0 Å². The Morgan fingerprint density at radius 3 is 2.38 bits per heavy atom. The lowest BCUT2D eigenvalue weighted by Gasteiger charge is -2.35. The lowest BCUT2D eigenvalue weighted by atomic mass is 10.0. The number of carbonyl (C=O) groups is 2. The smallest absolute Gasteiger partial charge is 0.312 e. The van der Waals surface area contributed by atoms with Crippen molar-refractivity contribution in [1.29, 1.82) is 0 Å². The van der Waals surface area contributed by atoms with Gasteiger partial charge in [-0.15, -0.1) is 0 Å². The van der Waals surface area contributed by atoms with E-state index in [0.717, 1.165) is 42.3 Å². The molecule has 32 heavy (non-hydrogen) atoms. The zero-order chi connectivity index (χ0) is 22.5. The SMILES string of the molecule is NC(=O)N[C@H](CC(=O)N1CCN(Cc2ccc3c(c2)OCCO3)CC1)c1ccc(Cl)cc1. The number of benzene rings is 2. The monoisotopic (exact) mass is 458 g/mol.